The zero-order chi connectivity index (χ0) is 9.84. The van der Waals surface area contributed by atoms with Gasteiger partial charge in [0.25, 0.3) is 0 Å². The van der Waals surface area contributed by atoms with Gasteiger partial charge in [-0.25, -0.2) is 4.98 Å². The van der Waals surface area contributed by atoms with Crippen LogP contribution in [0.3, 0.4) is 0 Å². The molecule has 0 aliphatic rings. The van der Waals surface area contributed by atoms with Gasteiger partial charge in [-0.2, -0.15) is 0 Å². The van der Waals surface area contributed by atoms with Gasteiger partial charge in [-0.3, -0.25) is 0 Å². The lowest BCUT2D eigenvalue weighted by Crippen LogP contribution is -2.02. The Morgan fingerprint density at radius 1 is 1.77 bits per heavy atom. The van der Waals surface area contributed by atoms with Gasteiger partial charge in [0.15, 0.2) is 0 Å². The number of pyridine rings is 1. The van der Waals surface area contributed by atoms with E-state index in [9.17, 15) is 0 Å². The van der Waals surface area contributed by atoms with Gasteiger partial charge in [0, 0.05) is 11.4 Å². The van der Waals surface area contributed by atoms with E-state index in [1.54, 1.807) is 12.3 Å². The first-order valence-corrected chi connectivity index (χ1v) is 5.77. The largest absolute Gasteiger partial charge is 0.395 e. The molecule has 1 N–H and O–H groups in total. The third-order valence-corrected chi connectivity index (χ3v) is 3.52. The molecular formula is C8H9BrClNOS. The van der Waals surface area contributed by atoms with Crippen molar-refractivity contribution in [3.05, 3.63) is 21.8 Å². The Labute approximate surface area is 94.8 Å². The van der Waals surface area contributed by atoms with Crippen LogP contribution in [-0.2, 0) is 0 Å². The molecule has 72 valence electrons. The van der Waals surface area contributed by atoms with Gasteiger partial charge in [0.2, 0.25) is 0 Å². The van der Waals surface area contributed by atoms with Crippen LogP contribution in [0.15, 0.2) is 21.8 Å². The van der Waals surface area contributed by atoms with E-state index in [-0.39, 0.29) is 11.9 Å². The van der Waals surface area contributed by atoms with Crippen molar-refractivity contribution < 1.29 is 5.11 Å². The summed E-state index contributed by atoms with van der Waals surface area (Å²) in [4.78, 5) is 4.14. The van der Waals surface area contributed by atoms with Gasteiger partial charge in [-0.1, -0.05) is 30.3 Å². The van der Waals surface area contributed by atoms with Crippen LogP contribution in [0.25, 0.3) is 0 Å². The molecule has 2 nitrogen and oxygen atoms in total. The number of rotatable bonds is 3. The van der Waals surface area contributed by atoms with Gasteiger partial charge in [-0.05, 0) is 22.0 Å². The van der Waals surface area contributed by atoms with Gasteiger partial charge in [-0.15, -0.1) is 0 Å². The maximum atomic E-state index is 8.85. The summed E-state index contributed by atoms with van der Waals surface area (Å²) >= 11 is 10.6. The van der Waals surface area contributed by atoms with E-state index < -0.39 is 0 Å². The molecule has 1 unspecified atom stereocenters. The number of thioether (sulfide) groups is 1. The summed E-state index contributed by atoms with van der Waals surface area (Å²) in [5, 5.41) is 10.5. The first kappa shape index (κ1) is 11.3. The summed E-state index contributed by atoms with van der Waals surface area (Å²) in [6, 6.07) is 1.79. The highest BCUT2D eigenvalue weighted by atomic mass is 79.9. The highest BCUT2D eigenvalue weighted by Crippen LogP contribution is 2.29. The monoisotopic (exact) mass is 281 g/mol. The molecule has 0 fully saturated rings. The molecule has 5 heteroatoms. The highest BCUT2D eigenvalue weighted by molar-refractivity contribution is 9.10. The van der Waals surface area contributed by atoms with Crippen molar-refractivity contribution in [2.24, 2.45) is 0 Å². The zero-order valence-corrected chi connectivity index (χ0v) is 10.2. The van der Waals surface area contributed by atoms with Gasteiger partial charge < -0.3 is 5.11 Å². The molecule has 1 atom stereocenters. The lowest BCUT2D eigenvalue weighted by Gasteiger charge is -2.07. The van der Waals surface area contributed by atoms with Crippen molar-refractivity contribution >= 4 is 39.3 Å². The number of hydrogen-bond acceptors (Lipinski definition) is 3. The molecule has 1 heterocycles. The number of hydrogen-bond donors (Lipinski definition) is 1. The van der Waals surface area contributed by atoms with Crippen LogP contribution >= 0.6 is 39.3 Å². The Kier molecular flexibility index (Phi) is 4.52. The second-order valence-corrected chi connectivity index (χ2v) is 5.27. The summed E-state index contributed by atoms with van der Waals surface area (Å²) < 4.78 is 0.866. The maximum absolute atomic E-state index is 8.85. The average molecular weight is 283 g/mol. The number of aliphatic hydroxyl groups excluding tert-OH is 1. The summed E-state index contributed by atoms with van der Waals surface area (Å²) in [5.74, 6) is 0. The van der Waals surface area contributed by atoms with Crippen molar-refractivity contribution in [2.45, 2.75) is 17.2 Å². The van der Waals surface area contributed by atoms with E-state index in [0.717, 1.165) is 9.50 Å². The number of aromatic nitrogens is 1. The molecule has 0 aliphatic heterocycles. The van der Waals surface area contributed by atoms with Crippen LogP contribution in [0.5, 0.6) is 0 Å². The number of nitrogens with zero attached hydrogens (tertiary/aromatic N) is 1. The lowest BCUT2D eigenvalue weighted by molar-refractivity contribution is 0.300. The van der Waals surface area contributed by atoms with Crippen molar-refractivity contribution in [1.82, 2.24) is 4.98 Å². The standard InChI is InChI=1S/C8H9BrClNOS/c1-5(4-12)13-8-7(9)2-6(10)3-11-8/h2-3,5,12H,4H2,1H3. The second-order valence-electron chi connectivity index (χ2n) is 2.55. The molecule has 1 rings (SSSR count). The van der Waals surface area contributed by atoms with Crippen molar-refractivity contribution in [3.63, 3.8) is 0 Å². The van der Waals surface area contributed by atoms with E-state index in [2.05, 4.69) is 20.9 Å². The van der Waals surface area contributed by atoms with Crippen LogP contribution in [0.4, 0.5) is 0 Å². The topological polar surface area (TPSA) is 33.1 Å². The molecule has 0 saturated carbocycles. The predicted octanol–water partition coefficient (Wildman–Crippen LogP) is 2.97. The van der Waals surface area contributed by atoms with Crippen LogP contribution in [-0.4, -0.2) is 21.9 Å². The smallest absolute Gasteiger partial charge is 0.111 e. The molecule has 0 aromatic carbocycles. The van der Waals surface area contributed by atoms with Crippen LogP contribution in [0, 0.1) is 0 Å². The third-order valence-electron chi connectivity index (χ3n) is 1.34. The van der Waals surface area contributed by atoms with Gasteiger partial charge in [0.05, 0.1) is 16.1 Å². The molecule has 1 aromatic heterocycles. The SMILES string of the molecule is CC(CO)Sc1ncc(Cl)cc1Br. The van der Waals surface area contributed by atoms with Crippen molar-refractivity contribution in [3.8, 4) is 0 Å². The molecule has 0 radical (unpaired) electrons. The van der Waals surface area contributed by atoms with E-state index in [0.29, 0.717) is 5.02 Å². The van der Waals surface area contributed by atoms with E-state index in [1.165, 1.54) is 11.8 Å². The molecule has 1 aromatic rings. The summed E-state index contributed by atoms with van der Waals surface area (Å²) in [6.45, 7) is 2.08. The summed E-state index contributed by atoms with van der Waals surface area (Å²) in [6.07, 6.45) is 1.60. The fourth-order valence-electron chi connectivity index (χ4n) is 0.717. The van der Waals surface area contributed by atoms with E-state index in [4.69, 9.17) is 16.7 Å². The minimum Gasteiger partial charge on any atom is -0.395 e. The maximum Gasteiger partial charge on any atom is 0.111 e. The Morgan fingerprint density at radius 3 is 3.00 bits per heavy atom. The minimum atomic E-state index is 0.140. The van der Waals surface area contributed by atoms with E-state index >= 15 is 0 Å². The Morgan fingerprint density at radius 2 is 2.46 bits per heavy atom. The lowest BCUT2D eigenvalue weighted by atomic mass is 10.5. The fourth-order valence-corrected chi connectivity index (χ4v) is 2.38. The third kappa shape index (κ3) is 3.46. The first-order chi connectivity index (χ1) is 6.13. The summed E-state index contributed by atoms with van der Waals surface area (Å²) in [7, 11) is 0. The van der Waals surface area contributed by atoms with E-state index in [1.807, 2.05) is 6.92 Å². The molecule has 13 heavy (non-hydrogen) atoms. The number of halogens is 2. The number of aliphatic hydroxyl groups is 1. The molecule has 0 spiro atoms. The molecule has 0 saturated heterocycles. The minimum absolute atomic E-state index is 0.140. The van der Waals surface area contributed by atoms with Gasteiger partial charge >= 0.3 is 0 Å². The fraction of sp³-hybridized carbons (Fsp3) is 0.375. The average Bonchev–Trinajstić information content (AvgIpc) is 2.09. The summed E-state index contributed by atoms with van der Waals surface area (Å²) in [5.41, 5.74) is 0. The zero-order valence-electron chi connectivity index (χ0n) is 7.00. The molecular weight excluding hydrogens is 274 g/mol. The quantitative estimate of drug-likeness (QED) is 0.865. The molecule has 0 bridgehead atoms. The van der Waals surface area contributed by atoms with Gasteiger partial charge in [0.1, 0.15) is 5.03 Å². The normalized spacial score (nSPS) is 12.9. The van der Waals surface area contributed by atoms with Crippen molar-refractivity contribution in [2.75, 3.05) is 6.61 Å². The molecule has 0 amide bonds. The molecule has 0 aliphatic carbocycles. The van der Waals surface area contributed by atoms with Crippen LogP contribution in [0.1, 0.15) is 6.92 Å². The Balaban J connectivity index is 2.77. The second kappa shape index (κ2) is 5.20. The predicted molar refractivity (Wildman–Crippen MR) is 59.4 cm³/mol. The van der Waals surface area contributed by atoms with Crippen LogP contribution in [0.2, 0.25) is 5.02 Å². The first-order valence-electron chi connectivity index (χ1n) is 3.72. The Bertz CT molecular complexity index is 297. The Hall–Kier alpha value is 0.230. The highest BCUT2D eigenvalue weighted by Gasteiger charge is 2.07. The van der Waals surface area contributed by atoms with Crippen LogP contribution < -0.4 is 0 Å². The van der Waals surface area contributed by atoms with Crippen molar-refractivity contribution in [1.29, 1.82) is 0 Å².